The molecular weight excluding hydrogens is 318 g/mol. The van der Waals surface area contributed by atoms with Crippen molar-refractivity contribution in [3.8, 4) is 0 Å². The molecule has 0 spiro atoms. The van der Waals surface area contributed by atoms with Crippen LogP contribution in [0.2, 0.25) is 0 Å². The van der Waals surface area contributed by atoms with Gasteiger partial charge < -0.3 is 15.6 Å². The maximum Gasteiger partial charge on any atom is 0.341 e. The predicted octanol–water partition coefficient (Wildman–Crippen LogP) is 3.55. The number of carbonyl (C=O) groups excluding carboxylic acids is 1. The van der Waals surface area contributed by atoms with Crippen LogP contribution in [0, 0.1) is 25.7 Å². The van der Waals surface area contributed by atoms with Gasteiger partial charge in [-0.05, 0) is 62.6 Å². The first-order chi connectivity index (χ1) is 11.8. The first kappa shape index (κ1) is 17.5. The molecule has 0 bridgehead atoms. The van der Waals surface area contributed by atoms with E-state index in [0.717, 1.165) is 47.1 Å². The number of carbonyl (C=O) groups is 2. The zero-order valence-electron chi connectivity index (χ0n) is 15.0. The van der Waals surface area contributed by atoms with Gasteiger partial charge in [0.1, 0.15) is 6.61 Å². The molecule has 1 aromatic rings. The summed E-state index contributed by atoms with van der Waals surface area (Å²) in [5.74, 6) is -1.24. The van der Waals surface area contributed by atoms with Crippen molar-refractivity contribution in [3.63, 3.8) is 0 Å². The minimum Gasteiger partial charge on any atom is -0.481 e. The van der Waals surface area contributed by atoms with E-state index in [2.05, 4.69) is 6.08 Å². The Morgan fingerprint density at radius 3 is 2.64 bits per heavy atom. The molecule has 2 unspecified atom stereocenters. The van der Waals surface area contributed by atoms with E-state index in [-0.39, 0.29) is 17.8 Å². The van der Waals surface area contributed by atoms with E-state index in [1.807, 2.05) is 20.8 Å². The summed E-state index contributed by atoms with van der Waals surface area (Å²) in [7, 11) is 0. The second-order valence-corrected chi connectivity index (χ2v) is 7.21. The number of benzene rings is 1. The highest BCUT2D eigenvalue weighted by atomic mass is 16.5. The molecule has 1 saturated carbocycles. The summed E-state index contributed by atoms with van der Waals surface area (Å²) in [5, 5.41) is 9.38. The summed E-state index contributed by atoms with van der Waals surface area (Å²) < 4.78 is 5.14. The molecule has 5 nitrogen and oxygen atoms in total. The van der Waals surface area contributed by atoms with E-state index in [1.165, 1.54) is 0 Å². The Morgan fingerprint density at radius 1 is 1.28 bits per heavy atom. The second-order valence-electron chi connectivity index (χ2n) is 7.21. The van der Waals surface area contributed by atoms with Gasteiger partial charge in [-0.25, -0.2) is 4.79 Å². The lowest BCUT2D eigenvalue weighted by molar-refractivity contribution is -0.142. The first-order valence-corrected chi connectivity index (χ1v) is 8.79. The van der Waals surface area contributed by atoms with Gasteiger partial charge in [-0.15, -0.1) is 0 Å². The SMILES string of the molecule is C/C(=C/Cc1c(C)c(C)c2c(c1N)C(=O)OC2)C1CCCC1C(=O)O. The summed E-state index contributed by atoms with van der Waals surface area (Å²) in [6, 6.07) is 0. The van der Waals surface area contributed by atoms with Gasteiger partial charge in [-0.1, -0.05) is 18.1 Å². The number of fused-ring (bicyclic) bond motifs is 1. The molecule has 1 aromatic carbocycles. The van der Waals surface area contributed by atoms with Crippen LogP contribution in [0.25, 0.3) is 0 Å². The number of aliphatic carboxylic acids is 1. The molecule has 0 saturated heterocycles. The normalized spacial score (nSPS) is 22.8. The van der Waals surface area contributed by atoms with Crippen molar-refractivity contribution in [2.24, 2.45) is 11.8 Å². The van der Waals surface area contributed by atoms with Crippen molar-refractivity contribution in [2.75, 3.05) is 5.73 Å². The average Bonchev–Trinajstić information content (AvgIpc) is 3.19. The fourth-order valence-corrected chi connectivity index (χ4v) is 4.26. The number of carboxylic acids is 1. The molecule has 3 N–H and O–H groups in total. The Balaban J connectivity index is 1.91. The molecule has 0 radical (unpaired) electrons. The van der Waals surface area contributed by atoms with Gasteiger partial charge >= 0.3 is 11.9 Å². The van der Waals surface area contributed by atoms with Crippen molar-refractivity contribution in [1.29, 1.82) is 0 Å². The Kier molecular flexibility index (Phi) is 4.58. The molecule has 1 fully saturated rings. The second kappa shape index (κ2) is 6.54. The van der Waals surface area contributed by atoms with Crippen molar-refractivity contribution in [3.05, 3.63) is 39.5 Å². The highest BCUT2D eigenvalue weighted by Gasteiger charge is 2.34. The topological polar surface area (TPSA) is 89.6 Å². The third-order valence-corrected chi connectivity index (χ3v) is 5.96. The summed E-state index contributed by atoms with van der Waals surface area (Å²) in [6.45, 7) is 6.31. The van der Waals surface area contributed by atoms with Crippen molar-refractivity contribution < 1.29 is 19.4 Å². The number of anilines is 1. The number of hydrogen-bond acceptors (Lipinski definition) is 4. The highest BCUT2D eigenvalue weighted by molar-refractivity contribution is 6.00. The lowest BCUT2D eigenvalue weighted by Gasteiger charge is -2.18. The monoisotopic (exact) mass is 343 g/mol. The molecule has 1 aliphatic heterocycles. The van der Waals surface area contributed by atoms with E-state index >= 15 is 0 Å². The van der Waals surface area contributed by atoms with Gasteiger partial charge in [0.2, 0.25) is 0 Å². The van der Waals surface area contributed by atoms with Crippen molar-refractivity contribution in [1.82, 2.24) is 0 Å². The smallest absolute Gasteiger partial charge is 0.341 e. The number of esters is 1. The number of nitrogens with two attached hydrogens (primary N) is 1. The van der Waals surface area contributed by atoms with E-state index in [0.29, 0.717) is 24.3 Å². The van der Waals surface area contributed by atoms with Gasteiger partial charge in [0.25, 0.3) is 0 Å². The summed E-state index contributed by atoms with van der Waals surface area (Å²) in [5.41, 5.74) is 12.4. The number of carboxylic acid groups (broad SMARTS) is 1. The standard InChI is InChI=1S/C20H25NO4/c1-10(13-5-4-6-15(13)19(22)23)7-8-14-11(2)12(3)16-9-25-20(24)17(16)18(14)21/h7,13,15H,4-6,8-9,21H2,1-3H3,(H,22,23)/b10-7-. The molecule has 1 heterocycles. The quantitative estimate of drug-likeness (QED) is 0.496. The minimum atomic E-state index is -0.706. The van der Waals surface area contributed by atoms with Crippen molar-refractivity contribution in [2.45, 2.75) is 53.1 Å². The van der Waals surface area contributed by atoms with Crippen LogP contribution in [0.1, 0.15) is 58.8 Å². The fourth-order valence-electron chi connectivity index (χ4n) is 4.26. The predicted molar refractivity (Wildman–Crippen MR) is 95.4 cm³/mol. The molecule has 134 valence electrons. The Morgan fingerprint density at radius 2 is 1.96 bits per heavy atom. The van der Waals surface area contributed by atoms with Crippen LogP contribution in [-0.4, -0.2) is 17.0 Å². The van der Waals surface area contributed by atoms with Crippen LogP contribution in [0.4, 0.5) is 5.69 Å². The zero-order chi connectivity index (χ0) is 18.3. The molecule has 5 heteroatoms. The average molecular weight is 343 g/mol. The Hall–Kier alpha value is -2.30. The number of nitrogen functional groups attached to an aromatic ring is 1. The molecular formula is C20H25NO4. The first-order valence-electron chi connectivity index (χ1n) is 8.79. The largest absolute Gasteiger partial charge is 0.481 e. The molecule has 1 aliphatic carbocycles. The molecule has 3 rings (SSSR count). The van der Waals surface area contributed by atoms with Gasteiger partial charge in [0, 0.05) is 5.56 Å². The number of allylic oxidation sites excluding steroid dienone is 2. The number of rotatable bonds is 4. The molecule has 2 atom stereocenters. The minimum absolute atomic E-state index is 0.0968. The maximum absolute atomic E-state index is 12.0. The summed E-state index contributed by atoms with van der Waals surface area (Å²) >= 11 is 0. The van der Waals surface area contributed by atoms with E-state index in [4.69, 9.17) is 10.5 Å². The Labute approximate surface area is 147 Å². The third kappa shape index (κ3) is 2.92. The van der Waals surface area contributed by atoms with Crippen LogP contribution < -0.4 is 5.73 Å². The molecule has 0 amide bonds. The zero-order valence-corrected chi connectivity index (χ0v) is 15.0. The number of cyclic esters (lactones) is 1. The highest BCUT2D eigenvalue weighted by Crippen LogP contribution is 2.38. The van der Waals surface area contributed by atoms with E-state index < -0.39 is 5.97 Å². The Bertz CT molecular complexity index is 779. The van der Waals surface area contributed by atoms with Gasteiger partial charge in [-0.2, -0.15) is 0 Å². The van der Waals surface area contributed by atoms with Gasteiger partial charge in [0.15, 0.2) is 0 Å². The van der Waals surface area contributed by atoms with Crippen LogP contribution in [0.3, 0.4) is 0 Å². The summed E-state index contributed by atoms with van der Waals surface area (Å²) in [6.07, 6.45) is 5.31. The van der Waals surface area contributed by atoms with Gasteiger partial charge in [0.05, 0.1) is 17.2 Å². The number of hydrogen-bond donors (Lipinski definition) is 2. The fraction of sp³-hybridized carbons (Fsp3) is 0.500. The lowest BCUT2D eigenvalue weighted by atomic mass is 9.87. The van der Waals surface area contributed by atoms with Crippen LogP contribution in [-0.2, 0) is 22.6 Å². The maximum atomic E-state index is 12.0. The van der Waals surface area contributed by atoms with Crippen LogP contribution in [0.5, 0.6) is 0 Å². The molecule has 0 aromatic heterocycles. The summed E-state index contributed by atoms with van der Waals surface area (Å²) in [4.78, 5) is 23.4. The van der Waals surface area contributed by atoms with Gasteiger partial charge in [-0.3, -0.25) is 4.79 Å². The van der Waals surface area contributed by atoms with Crippen LogP contribution in [0.15, 0.2) is 11.6 Å². The van der Waals surface area contributed by atoms with E-state index in [9.17, 15) is 14.7 Å². The van der Waals surface area contributed by atoms with Crippen molar-refractivity contribution >= 4 is 17.6 Å². The van der Waals surface area contributed by atoms with Crippen LogP contribution >= 0.6 is 0 Å². The number of ether oxygens (including phenoxy) is 1. The van der Waals surface area contributed by atoms with E-state index in [1.54, 1.807) is 0 Å². The lowest BCUT2D eigenvalue weighted by Crippen LogP contribution is -2.19. The molecule has 25 heavy (non-hydrogen) atoms. The molecule has 2 aliphatic rings. The third-order valence-electron chi connectivity index (χ3n) is 5.96.